The normalized spacial score (nSPS) is 15.7. The van der Waals surface area contributed by atoms with E-state index in [1.54, 1.807) is 19.2 Å². The van der Waals surface area contributed by atoms with Gasteiger partial charge in [0.2, 0.25) is 0 Å². The molecule has 2 nitrogen and oxygen atoms in total. The van der Waals surface area contributed by atoms with Crippen LogP contribution in [0.3, 0.4) is 0 Å². The van der Waals surface area contributed by atoms with Crippen molar-refractivity contribution in [3.05, 3.63) is 35.1 Å². The second-order valence-corrected chi connectivity index (χ2v) is 5.57. The van der Waals surface area contributed by atoms with Crippen LogP contribution in [0.1, 0.15) is 37.9 Å². The van der Waals surface area contributed by atoms with Crippen LogP contribution in [0.2, 0.25) is 0 Å². The molecule has 0 fully saturated rings. The number of hydrogen-bond acceptors (Lipinski definition) is 2. The van der Waals surface area contributed by atoms with Crippen LogP contribution in [0, 0.1) is 18.2 Å². The molecule has 2 unspecified atom stereocenters. The second kappa shape index (κ2) is 5.15. The largest absolute Gasteiger partial charge is 0.379 e. The summed E-state index contributed by atoms with van der Waals surface area (Å²) >= 11 is 0. The molecule has 0 spiro atoms. The van der Waals surface area contributed by atoms with Gasteiger partial charge in [0.05, 0.1) is 12.1 Å². The van der Waals surface area contributed by atoms with Crippen molar-refractivity contribution in [3.63, 3.8) is 0 Å². The van der Waals surface area contributed by atoms with Crippen LogP contribution in [0.5, 0.6) is 0 Å². The first-order chi connectivity index (χ1) is 7.77. The summed E-state index contributed by atoms with van der Waals surface area (Å²) in [5.41, 5.74) is 7.53. The highest BCUT2D eigenvalue weighted by Gasteiger charge is 2.32. The summed E-state index contributed by atoms with van der Waals surface area (Å²) in [6.45, 7) is 8.03. The first-order valence-electron chi connectivity index (χ1n) is 5.81. The summed E-state index contributed by atoms with van der Waals surface area (Å²) in [5, 5.41) is 0. The van der Waals surface area contributed by atoms with Gasteiger partial charge in [-0.15, -0.1) is 0 Å². The molecule has 17 heavy (non-hydrogen) atoms. The molecule has 0 aliphatic carbocycles. The zero-order valence-corrected chi connectivity index (χ0v) is 11.3. The number of benzene rings is 1. The molecule has 1 rings (SSSR count). The minimum atomic E-state index is -0.458. The minimum absolute atomic E-state index is 0.135. The van der Waals surface area contributed by atoms with Gasteiger partial charge in [-0.1, -0.05) is 38.5 Å². The van der Waals surface area contributed by atoms with Crippen molar-refractivity contribution in [2.45, 2.75) is 39.8 Å². The first kappa shape index (κ1) is 14.1. The number of ether oxygens (including phenoxy) is 1. The third-order valence-electron chi connectivity index (χ3n) is 2.94. The van der Waals surface area contributed by atoms with Crippen LogP contribution in [0.15, 0.2) is 18.2 Å². The van der Waals surface area contributed by atoms with Crippen molar-refractivity contribution in [1.29, 1.82) is 0 Å². The number of methoxy groups -OCH3 is 1. The van der Waals surface area contributed by atoms with E-state index in [2.05, 4.69) is 0 Å². The molecule has 2 atom stereocenters. The zero-order valence-electron chi connectivity index (χ0n) is 11.3. The Bertz CT molecular complexity index is 384. The van der Waals surface area contributed by atoms with E-state index in [1.807, 2.05) is 27.7 Å². The van der Waals surface area contributed by atoms with Crippen molar-refractivity contribution in [2.75, 3.05) is 7.11 Å². The molecular formula is C14H22FNO. The highest BCUT2D eigenvalue weighted by atomic mass is 19.1. The quantitative estimate of drug-likeness (QED) is 0.879. The van der Waals surface area contributed by atoms with E-state index in [1.165, 1.54) is 6.07 Å². The van der Waals surface area contributed by atoms with Crippen LogP contribution < -0.4 is 5.73 Å². The molecule has 0 aliphatic rings. The van der Waals surface area contributed by atoms with Gasteiger partial charge in [0.1, 0.15) is 5.82 Å². The third-order valence-corrected chi connectivity index (χ3v) is 2.94. The summed E-state index contributed by atoms with van der Waals surface area (Å²) in [6, 6.07) is 4.53. The van der Waals surface area contributed by atoms with E-state index >= 15 is 0 Å². The highest BCUT2D eigenvalue weighted by Crippen LogP contribution is 2.32. The molecule has 0 saturated carbocycles. The van der Waals surface area contributed by atoms with Crippen LogP contribution in [-0.2, 0) is 4.74 Å². The predicted molar refractivity (Wildman–Crippen MR) is 68.3 cm³/mol. The molecule has 0 heterocycles. The van der Waals surface area contributed by atoms with Crippen LogP contribution >= 0.6 is 0 Å². The van der Waals surface area contributed by atoms with Gasteiger partial charge in [-0.25, -0.2) is 4.39 Å². The molecule has 0 radical (unpaired) electrons. The molecule has 0 amide bonds. The van der Waals surface area contributed by atoms with E-state index in [9.17, 15) is 4.39 Å². The summed E-state index contributed by atoms with van der Waals surface area (Å²) in [5.74, 6) is -0.269. The van der Waals surface area contributed by atoms with Crippen molar-refractivity contribution < 1.29 is 9.13 Å². The van der Waals surface area contributed by atoms with E-state index in [4.69, 9.17) is 10.5 Å². The van der Waals surface area contributed by atoms with Gasteiger partial charge >= 0.3 is 0 Å². The SMILES string of the molecule is COC(C(N)c1cc(C)ccc1F)C(C)(C)C. The smallest absolute Gasteiger partial charge is 0.128 e. The van der Waals surface area contributed by atoms with E-state index in [-0.39, 0.29) is 17.3 Å². The maximum absolute atomic E-state index is 13.8. The monoisotopic (exact) mass is 239 g/mol. The maximum atomic E-state index is 13.8. The standard InChI is InChI=1S/C14H22FNO/c1-9-6-7-11(15)10(8-9)12(16)13(17-5)14(2,3)4/h6-8,12-13H,16H2,1-5H3. The lowest BCUT2D eigenvalue weighted by atomic mass is 9.82. The minimum Gasteiger partial charge on any atom is -0.379 e. The van der Waals surface area contributed by atoms with Crippen LogP contribution in [-0.4, -0.2) is 13.2 Å². The second-order valence-electron chi connectivity index (χ2n) is 5.57. The lowest BCUT2D eigenvalue weighted by Crippen LogP contribution is -2.39. The van der Waals surface area contributed by atoms with Crippen LogP contribution in [0.4, 0.5) is 4.39 Å². The molecule has 0 bridgehead atoms. The maximum Gasteiger partial charge on any atom is 0.128 e. The molecule has 0 saturated heterocycles. The van der Waals surface area contributed by atoms with Gasteiger partial charge in [-0.3, -0.25) is 0 Å². The van der Waals surface area contributed by atoms with Gasteiger partial charge in [-0.2, -0.15) is 0 Å². The fourth-order valence-corrected chi connectivity index (χ4v) is 2.12. The Morgan fingerprint density at radius 2 is 1.88 bits per heavy atom. The Morgan fingerprint density at radius 3 is 2.35 bits per heavy atom. The Morgan fingerprint density at radius 1 is 1.29 bits per heavy atom. The Balaban J connectivity index is 3.10. The number of nitrogens with two attached hydrogens (primary N) is 1. The average molecular weight is 239 g/mol. The number of rotatable bonds is 3. The topological polar surface area (TPSA) is 35.2 Å². The molecule has 1 aromatic carbocycles. The van der Waals surface area contributed by atoms with Gasteiger partial charge < -0.3 is 10.5 Å². The lowest BCUT2D eigenvalue weighted by molar-refractivity contribution is -0.00316. The molecule has 1 aromatic rings. The summed E-state index contributed by atoms with van der Waals surface area (Å²) in [6.07, 6.45) is -0.223. The Labute approximate surface area is 103 Å². The molecule has 96 valence electrons. The van der Waals surface area contributed by atoms with Gasteiger partial charge in [0.15, 0.2) is 0 Å². The van der Waals surface area contributed by atoms with Crippen molar-refractivity contribution in [1.82, 2.24) is 0 Å². The van der Waals surface area contributed by atoms with Crippen molar-refractivity contribution in [2.24, 2.45) is 11.1 Å². The van der Waals surface area contributed by atoms with E-state index in [0.717, 1.165) is 5.56 Å². The molecule has 3 heteroatoms. The summed E-state index contributed by atoms with van der Waals surface area (Å²) in [4.78, 5) is 0. The number of aryl methyl sites for hydroxylation is 1. The van der Waals surface area contributed by atoms with E-state index in [0.29, 0.717) is 5.56 Å². The average Bonchev–Trinajstić information content (AvgIpc) is 2.20. The number of hydrogen-bond donors (Lipinski definition) is 1. The Hall–Kier alpha value is -0.930. The number of halogens is 1. The predicted octanol–water partition coefficient (Wildman–Crippen LogP) is 3.20. The summed E-state index contributed by atoms with van der Waals surface area (Å²) < 4.78 is 19.2. The molecule has 0 aromatic heterocycles. The molecule has 2 N–H and O–H groups in total. The molecular weight excluding hydrogens is 217 g/mol. The van der Waals surface area contributed by atoms with Gasteiger partial charge in [0.25, 0.3) is 0 Å². The fraction of sp³-hybridized carbons (Fsp3) is 0.571. The fourth-order valence-electron chi connectivity index (χ4n) is 2.12. The van der Waals surface area contributed by atoms with Gasteiger partial charge in [0, 0.05) is 12.7 Å². The summed E-state index contributed by atoms with van der Waals surface area (Å²) in [7, 11) is 1.61. The Kier molecular flexibility index (Phi) is 4.28. The van der Waals surface area contributed by atoms with Crippen molar-refractivity contribution in [3.8, 4) is 0 Å². The highest BCUT2D eigenvalue weighted by molar-refractivity contribution is 5.27. The van der Waals surface area contributed by atoms with Crippen molar-refractivity contribution >= 4 is 0 Å². The lowest BCUT2D eigenvalue weighted by Gasteiger charge is -2.34. The van der Waals surface area contributed by atoms with E-state index < -0.39 is 6.04 Å². The first-order valence-corrected chi connectivity index (χ1v) is 5.81. The van der Waals surface area contributed by atoms with Gasteiger partial charge in [-0.05, 0) is 18.4 Å². The third kappa shape index (κ3) is 3.27. The molecule has 0 aliphatic heterocycles. The zero-order chi connectivity index (χ0) is 13.2. The van der Waals surface area contributed by atoms with Crippen LogP contribution in [0.25, 0.3) is 0 Å².